The molecule has 108 valence electrons. The van der Waals surface area contributed by atoms with Crippen molar-refractivity contribution in [3.8, 4) is 6.07 Å². The number of para-hydroxylation sites is 1. The van der Waals surface area contributed by atoms with Gasteiger partial charge in [0.25, 0.3) is 0 Å². The molecule has 5 nitrogen and oxygen atoms in total. The summed E-state index contributed by atoms with van der Waals surface area (Å²) in [4.78, 5) is 11.9. The highest BCUT2D eigenvalue weighted by atomic mass is 35.5. The van der Waals surface area contributed by atoms with E-state index in [0.717, 1.165) is 5.69 Å². The summed E-state index contributed by atoms with van der Waals surface area (Å²) >= 11 is 5.92. The van der Waals surface area contributed by atoms with E-state index in [0.29, 0.717) is 35.7 Å². The number of benzene rings is 1. The Bertz CT molecular complexity index is 687. The number of rotatable bonds is 5. The van der Waals surface area contributed by atoms with E-state index in [9.17, 15) is 4.79 Å². The number of hydrogen-bond donors (Lipinski definition) is 1. The van der Waals surface area contributed by atoms with Crippen LogP contribution in [0.4, 0.5) is 5.69 Å². The third kappa shape index (κ3) is 3.83. The van der Waals surface area contributed by atoms with Gasteiger partial charge in [-0.25, -0.2) is 0 Å². The number of aromatic nitrogens is 2. The van der Waals surface area contributed by atoms with Crippen molar-refractivity contribution in [3.63, 3.8) is 0 Å². The Kier molecular flexibility index (Phi) is 4.96. The van der Waals surface area contributed by atoms with Gasteiger partial charge in [0, 0.05) is 13.0 Å². The van der Waals surface area contributed by atoms with Crippen molar-refractivity contribution in [2.45, 2.75) is 26.3 Å². The Morgan fingerprint density at radius 3 is 2.90 bits per heavy atom. The zero-order valence-electron chi connectivity index (χ0n) is 11.6. The van der Waals surface area contributed by atoms with Gasteiger partial charge in [-0.3, -0.25) is 9.48 Å². The number of halogens is 1. The minimum Gasteiger partial charge on any atom is -0.325 e. The molecule has 1 aromatic carbocycles. The molecular formula is C15H15ClN4O. The van der Waals surface area contributed by atoms with Crippen LogP contribution in [0.1, 0.15) is 24.1 Å². The maximum Gasteiger partial charge on any atom is 0.224 e. The number of carbonyl (C=O) groups excluding carboxylic acids is 1. The highest BCUT2D eigenvalue weighted by Crippen LogP contribution is 2.15. The van der Waals surface area contributed by atoms with Gasteiger partial charge in [-0.15, -0.1) is 0 Å². The van der Waals surface area contributed by atoms with Crippen molar-refractivity contribution in [3.05, 3.63) is 46.7 Å². The second kappa shape index (κ2) is 6.91. The molecule has 21 heavy (non-hydrogen) atoms. The van der Waals surface area contributed by atoms with Crippen molar-refractivity contribution >= 4 is 23.2 Å². The molecule has 0 aliphatic carbocycles. The van der Waals surface area contributed by atoms with Crippen LogP contribution in [0.25, 0.3) is 0 Å². The third-order valence-corrected chi connectivity index (χ3v) is 3.51. The fourth-order valence-electron chi connectivity index (χ4n) is 1.94. The first-order valence-electron chi connectivity index (χ1n) is 6.58. The molecule has 0 fully saturated rings. The molecule has 2 rings (SSSR count). The summed E-state index contributed by atoms with van der Waals surface area (Å²) in [6.45, 7) is 2.52. The van der Waals surface area contributed by atoms with Gasteiger partial charge in [0.05, 0.1) is 28.2 Å². The highest BCUT2D eigenvalue weighted by molar-refractivity contribution is 6.31. The average Bonchev–Trinajstić information content (AvgIpc) is 2.80. The van der Waals surface area contributed by atoms with Crippen LogP contribution in [0.2, 0.25) is 5.02 Å². The van der Waals surface area contributed by atoms with Crippen LogP contribution in [-0.2, 0) is 11.3 Å². The minimum absolute atomic E-state index is 0.117. The van der Waals surface area contributed by atoms with Crippen LogP contribution in [0, 0.1) is 18.3 Å². The van der Waals surface area contributed by atoms with Gasteiger partial charge in [0.15, 0.2) is 0 Å². The number of carbonyl (C=O) groups is 1. The Labute approximate surface area is 128 Å². The summed E-state index contributed by atoms with van der Waals surface area (Å²) in [5, 5.41) is 16.5. The Morgan fingerprint density at radius 2 is 2.24 bits per heavy atom. The molecule has 1 N–H and O–H groups in total. The Morgan fingerprint density at radius 1 is 1.48 bits per heavy atom. The second-order valence-corrected chi connectivity index (χ2v) is 5.02. The molecule has 1 aromatic heterocycles. The molecular weight excluding hydrogens is 288 g/mol. The van der Waals surface area contributed by atoms with Gasteiger partial charge in [-0.1, -0.05) is 23.7 Å². The molecule has 0 aliphatic rings. The van der Waals surface area contributed by atoms with E-state index in [1.807, 2.05) is 13.0 Å². The lowest BCUT2D eigenvalue weighted by Gasteiger charge is -2.07. The molecule has 0 aliphatic heterocycles. The van der Waals surface area contributed by atoms with Crippen LogP contribution >= 0.6 is 11.6 Å². The van der Waals surface area contributed by atoms with Crippen LogP contribution < -0.4 is 5.32 Å². The van der Waals surface area contributed by atoms with Crippen molar-refractivity contribution in [1.29, 1.82) is 5.26 Å². The minimum atomic E-state index is -0.117. The maximum absolute atomic E-state index is 11.9. The van der Waals surface area contributed by atoms with Gasteiger partial charge in [-0.05, 0) is 25.5 Å². The number of anilines is 1. The maximum atomic E-state index is 11.9. The molecule has 0 radical (unpaired) electrons. The summed E-state index contributed by atoms with van der Waals surface area (Å²) < 4.78 is 1.78. The van der Waals surface area contributed by atoms with Gasteiger partial charge >= 0.3 is 0 Å². The standard InChI is InChI=1S/C15H15ClN4O/c1-11-13(16)10-18-20(11)8-4-7-15(21)19-14-6-3-2-5-12(14)9-17/h2-3,5-6,10H,4,7-8H2,1H3,(H,19,21). The van der Waals surface area contributed by atoms with Gasteiger partial charge in [0.1, 0.15) is 6.07 Å². The molecule has 0 bridgehead atoms. The zero-order valence-corrected chi connectivity index (χ0v) is 12.4. The van der Waals surface area contributed by atoms with Crippen LogP contribution in [0.3, 0.4) is 0 Å². The number of nitrogens with zero attached hydrogens (tertiary/aromatic N) is 3. The quantitative estimate of drug-likeness (QED) is 0.922. The van der Waals surface area contributed by atoms with Crippen LogP contribution in [0.15, 0.2) is 30.5 Å². The lowest BCUT2D eigenvalue weighted by Crippen LogP contribution is -2.13. The molecule has 2 aromatic rings. The summed E-state index contributed by atoms with van der Waals surface area (Å²) in [5.74, 6) is -0.117. The van der Waals surface area contributed by atoms with Gasteiger partial charge in [0.2, 0.25) is 5.91 Å². The normalized spacial score (nSPS) is 10.1. The van der Waals surface area contributed by atoms with E-state index in [2.05, 4.69) is 10.4 Å². The fourth-order valence-corrected chi connectivity index (χ4v) is 2.08. The first kappa shape index (κ1) is 15.1. The number of aryl methyl sites for hydroxylation is 1. The summed E-state index contributed by atoms with van der Waals surface area (Å²) in [7, 11) is 0. The van der Waals surface area contributed by atoms with Crippen molar-refractivity contribution in [2.75, 3.05) is 5.32 Å². The van der Waals surface area contributed by atoms with Gasteiger partial charge in [-0.2, -0.15) is 10.4 Å². The lowest BCUT2D eigenvalue weighted by atomic mass is 10.2. The molecule has 0 saturated heterocycles. The van der Waals surface area contributed by atoms with Crippen LogP contribution in [0.5, 0.6) is 0 Å². The van der Waals surface area contributed by atoms with Crippen molar-refractivity contribution in [2.24, 2.45) is 0 Å². The van der Waals surface area contributed by atoms with E-state index in [4.69, 9.17) is 16.9 Å². The van der Waals surface area contributed by atoms with E-state index >= 15 is 0 Å². The van der Waals surface area contributed by atoms with Crippen molar-refractivity contribution in [1.82, 2.24) is 9.78 Å². The number of nitrogens with one attached hydrogen (secondary N) is 1. The molecule has 0 unspecified atom stereocenters. The van der Waals surface area contributed by atoms with E-state index in [1.165, 1.54) is 0 Å². The highest BCUT2D eigenvalue weighted by Gasteiger charge is 2.08. The average molecular weight is 303 g/mol. The van der Waals surface area contributed by atoms with E-state index < -0.39 is 0 Å². The monoisotopic (exact) mass is 302 g/mol. The lowest BCUT2D eigenvalue weighted by molar-refractivity contribution is -0.116. The zero-order chi connectivity index (χ0) is 15.2. The van der Waals surface area contributed by atoms with Gasteiger partial charge < -0.3 is 5.32 Å². The predicted molar refractivity (Wildman–Crippen MR) is 81.0 cm³/mol. The molecule has 6 heteroatoms. The molecule has 1 heterocycles. The molecule has 1 amide bonds. The smallest absolute Gasteiger partial charge is 0.224 e. The second-order valence-electron chi connectivity index (χ2n) is 4.61. The Balaban J connectivity index is 1.85. The predicted octanol–water partition coefficient (Wildman–Crippen LogP) is 3.14. The van der Waals surface area contributed by atoms with Crippen molar-refractivity contribution < 1.29 is 4.79 Å². The van der Waals surface area contributed by atoms with E-state index in [-0.39, 0.29) is 5.91 Å². The van der Waals surface area contributed by atoms with Crippen LogP contribution in [-0.4, -0.2) is 15.7 Å². The number of amides is 1. The molecule has 0 atom stereocenters. The SMILES string of the molecule is Cc1c(Cl)cnn1CCCC(=O)Nc1ccccc1C#N. The topological polar surface area (TPSA) is 70.7 Å². The molecule has 0 spiro atoms. The summed E-state index contributed by atoms with van der Waals surface area (Å²) in [5.41, 5.74) is 1.90. The molecule has 0 saturated carbocycles. The number of hydrogen-bond acceptors (Lipinski definition) is 3. The number of nitriles is 1. The largest absolute Gasteiger partial charge is 0.325 e. The first-order chi connectivity index (χ1) is 10.1. The fraction of sp³-hybridized carbons (Fsp3) is 0.267. The Hall–Kier alpha value is -2.32. The van der Waals surface area contributed by atoms with E-state index in [1.54, 1.807) is 35.1 Å². The third-order valence-electron chi connectivity index (χ3n) is 3.14. The summed E-state index contributed by atoms with van der Waals surface area (Å²) in [6.07, 6.45) is 2.61. The first-order valence-corrected chi connectivity index (χ1v) is 6.96. The summed E-state index contributed by atoms with van der Waals surface area (Å²) in [6, 6.07) is 8.98.